The van der Waals surface area contributed by atoms with Crippen LogP contribution < -0.4 is 19.7 Å². The number of amides is 3. The number of fused-ring (bicyclic) bond motifs is 2. The maximum absolute atomic E-state index is 14.2. The van der Waals surface area contributed by atoms with Crippen LogP contribution >= 0.6 is 0 Å². The second-order valence-corrected chi connectivity index (χ2v) is 11.4. The average molecular weight is 608 g/mol. The summed E-state index contributed by atoms with van der Waals surface area (Å²) < 4.78 is 17.1. The van der Waals surface area contributed by atoms with E-state index in [1.165, 1.54) is 23.0 Å². The molecule has 0 aromatic heterocycles. The van der Waals surface area contributed by atoms with E-state index in [2.05, 4.69) is 5.32 Å². The molecule has 0 aliphatic carbocycles. The Hall–Kier alpha value is -4.84. The van der Waals surface area contributed by atoms with Gasteiger partial charge in [-0.1, -0.05) is 18.2 Å². The zero-order valence-corrected chi connectivity index (χ0v) is 25.6. The molecule has 0 radical (unpaired) electrons. The largest absolute Gasteiger partial charge is 0.496 e. The average Bonchev–Trinajstić information content (AvgIpc) is 3.08. The number of ether oxygens (including phenoxy) is 3. The van der Waals surface area contributed by atoms with Crippen molar-refractivity contribution in [2.24, 2.45) is 0 Å². The monoisotopic (exact) mass is 607 g/mol. The highest BCUT2D eigenvalue weighted by Gasteiger charge is 2.36. The van der Waals surface area contributed by atoms with E-state index in [-0.39, 0.29) is 48.9 Å². The lowest BCUT2D eigenvalue weighted by Crippen LogP contribution is -2.51. The Labute approximate surface area is 255 Å². The molecule has 3 N–H and O–H groups in total. The number of rotatable bonds is 8. The van der Waals surface area contributed by atoms with Gasteiger partial charge in [-0.15, -0.1) is 0 Å². The van der Waals surface area contributed by atoms with Gasteiger partial charge in [0.25, 0.3) is 11.8 Å². The van der Waals surface area contributed by atoms with Crippen molar-refractivity contribution in [3.63, 3.8) is 0 Å². The molecule has 0 saturated carbocycles. The Morgan fingerprint density at radius 1 is 1.09 bits per heavy atom. The third-order valence-electron chi connectivity index (χ3n) is 7.25. The van der Waals surface area contributed by atoms with Gasteiger partial charge in [-0.3, -0.25) is 9.59 Å². The number of nitrogens with one attached hydrogen (secondary N) is 1. The Kier molecular flexibility index (Phi) is 9.33. The van der Waals surface area contributed by atoms with Gasteiger partial charge >= 0.3 is 12.1 Å². The topological polar surface area (TPSA) is 155 Å². The quantitative estimate of drug-likeness (QED) is 0.347. The number of carbonyl (C=O) groups is 4. The van der Waals surface area contributed by atoms with Crippen LogP contribution in [-0.4, -0.2) is 84.5 Å². The van der Waals surface area contributed by atoms with Crippen LogP contribution in [0, 0.1) is 6.92 Å². The normalized spacial score (nSPS) is 14.8. The predicted molar refractivity (Wildman–Crippen MR) is 163 cm³/mol. The second-order valence-electron chi connectivity index (χ2n) is 11.4. The minimum Gasteiger partial charge on any atom is -0.496 e. The summed E-state index contributed by atoms with van der Waals surface area (Å²) >= 11 is 0. The first kappa shape index (κ1) is 32.1. The number of hydrogen-bond acceptors (Lipinski definition) is 8. The van der Waals surface area contributed by atoms with Gasteiger partial charge in [-0.25, -0.2) is 9.59 Å². The first-order chi connectivity index (χ1) is 20.8. The number of nitrogens with zero attached hydrogens (tertiary/aromatic N) is 2. The second kappa shape index (κ2) is 12.8. The summed E-state index contributed by atoms with van der Waals surface area (Å²) in [6.45, 7) is 6.29. The minimum atomic E-state index is -1.18. The lowest BCUT2D eigenvalue weighted by molar-refractivity contribution is -0.121. The Bertz CT molecular complexity index is 1610. The van der Waals surface area contributed by atoms with E-state index in [1.54, 1.807) is 71.1 Å². The molecule has 3 aromatic carbocycles. The molecular weight excluding hydrogens is 570 g/mol. The van der Waals surface area contributed by atoms with Gasteiger partial charge in [-0.05, 0) is 68.3 Å². The zero-order valence-electron chi connectivity index (χ0n) is 25.6. The van der Waals surface area contributed by atoms with Crippen LogP contribution in [0.2, 0.25) is 0 Å². The molecule has 0 fully saturated rings. The summed E-state index contributed by atoms with van der Waals surface area (Å²) in [6.07, 6.45) is -0.816. The van der Waals surface area contributed by atoms with Crippen molar-refractivity contribution in [1.29, 1.82) is 0 Å². The molecule has 4 rings (SSSR count). The number of hydrogen-bond donors (Lipinski definition) is 3. The van der Waals surface area contributed by atoms with E-state index in [1.807, 2.05) is 0 Å². The van der Waals surface area contributed by atoms with Crippen molar-refractivity contribution >= 4 is 40.3 Å². The molecule has 0 unspecified atom stereocenters. The van der Waals surface area contributed by atoms with Crippen molar-refractivity contribution in [3.05, 3.63) is 64.7 Å². The summed E-state index contributed by atoms with van der Waals surface area (Å²) in [5, 5.41) is 23.0. The van der Waals surface area contributed by atoms with Gasteiger partial charge in [0.2, 0.25) is 0 Å². The van der Waals surface area contributed by atoms with Gasteiger partial charge in [0.1, 0.15) is 24.0 Å². The van der Waals surface area contributed by atoms with E-state index in [9.17, 15) is 29.4 Å². The fourth-order valence-corrected chi connectivity index (χ4v) is 5.12. The lowest BCUT2D eigenvalue weighted by Gasteiger charge is -2.27. The molecule has 0 spiro atoms. The van der Waals surface area contributed by atoms with Gasteiger partial charge in [0.15, 0.2) is 5.75 Å². The van der Waals surface area contributed by atoms with E-state index in [0.29, 0.717) is 27.6 Å². The number of likely N-dealkylation sites (N-methyl/N-ethyl adjacent to an activating group) is 1. The molecule has 12 heteroatoms. The van der Waals surface area contributed by atoms with Crippen molar-refractivity contribution < 1.29 is 43.6 Å². The number of benzene rings is 3. The van der Waals surface area contributed by atoms with E-state index < -0.39 is 35.5 Å². The molecule has 12 nitrogen and oxygen atoms in total. The molecule has 234 valence electrons. The summed E-state index contributed by atoms with van der Waals surface area (Å²) in [5.41, 5.74) is 0.910. The van der Waals surface area contributed by atoms with E-state index >= 15 is 0 Å². The van der Waals surface area contributed by atoms with Crippen LogP contribution in [0.3, 0.4) is 0 Å². The molecular formula is C32H37N3O9. The number of aliphatic hydroxyl groups excluding tert-OH is 1. The number of para-hydroxylation sites is 1. The number of carboxylic acids is 1. The van der Waals surface area contributed by atoms with Crippen LogP contribution in [0.15, 0.2) is 42.5 Å². The molecule has 0 bridgehead atoms. The predicted octanol–water partition coefficient (Wildman–Crippen LogP) is 3.74. The van der Waals surface area contributed by atoms with Crippen LogP contribution in [0.5, 0.6) is 11.5 Å². The number of anilines is 1. The highest BCUT2D eigenvalue weighted by molar-refractivity contribution is 6.06. The smallest absolute Gasteiger partial charge is 0.408 e. The Balaban J connectivity index is 1.88. The van der Waals surface area contributed by atoms with Crippen LogP contribution in [0.4, 0.5) is 10.5 Å². The van der Waals surface area contributed by atoms with Crippen LogP contribution in [-0.2, 0) is 16.1 Å². The van der Waals surface area contributed by atoms with Crippen molar-refractivity contribution in [3.8, 4) is 11.5 Å². The molecule has 1 aliphatic rings. The standard InChI is InChI=1S/C32H37N3O9/c1-18-19-12-13-26(42-6)23(21(19)11-10-20(18)30(39)40)16-35-25-9-7-8-22(28(37)34(5)14-15-36)27(25)43-17-24(29(35)38)33-31(41)44-32(2,3)4/h7-13,24,36H,14-17H2,1-6H3,(H,33,41)(H,39,40)/t24-/m0/s1. The summed E-state index contributed by atoms with van der Waals surface area (Å²) in [7, 11) is 3.03. The molecule has 1 aliphatic heterocycles. The van der Waals surface area contributed by atoms with E-state index in [0.717, 1.165) is 0 Å². The third kappa shape index (κ3) is 6.55. The molecule has 1 heterocycles. The van der Waals surface area contributed by atoms with Crippen LogP contribution in [0.1, 0.15) is 52.6 Å². The first-order valence-corrected chi connectivity index (χ1v) is 14.0. The van der Waals surface area contributed by atoms with Crippen molar-refractivity contribution in [2.45, 2.75) is 45.9 Å². The molecule has 3 aromatic rings. The molecule has 0 saturated heterocycles. The van der Waals surface area contributed by atoms with Crippen molar-refractivity contribution in [2.75, 3.05) is 38.8 Å². The number of alkyl carbamates (subject to hydrolysis) is 1. The van der Waals surface area contributed by atoms with E-state index in [4.69, 9.17) is 14.2 Å². The molecule has 3 amide bonds. The molecule has 44 heavy (non-hydrogen) atoms. The third-order valence-corrected chi connectivity index (χ3v) is 7.25. The SMILES string of the molecule is COc1ccc2c(C)c(C(=O)O)ccc2c1CN1C(=O)[C@@H](NC(=O)OC(C)(C)C)COc2c(C(=O)N(C)CCO)cccc21. The van der Waals surface area contributed by atoms with Gasteiger partial charge in [0, 0.05) is 19.2 Å². The summed E-state index contributed by atoms with van der Waals surface area (Å²) in [6, 6.07) is 10.3. The fraction of sp³-hybridized carbons (Fsp3) is 0.375. The van der Waals surface area contributed by atoms with Crippen molar-refractivity contribution in [1.82, 2.24) is 10.2 Å². The number of aromatic carboxylic acids is 1. The Morgan fingerprint density at radius 2 is 1.80 bits per heavy atom. The number of aliphatic hydroxyl groups is 1. The lowest BCUT2D eigenvalue weighted by atomic mass is 9.95. The molecule has 1 atom stereocenters. The number of methoxy groups -OCH3 is 1. The number of carbonyl (C=O) groups excluding carboxylic acids is 3. The highest BCUT2D eigenvalue weighted by atomic mass is 16.6. The van der Waals surface area contributed by atoms with Gasteiger partial charge in [-0.2, -0.15) is 0 Å². The Morgan fingerprint density at radius 3 is 2.43 bits per heavy atom. The first-order valence-electron chi connectivity index (χ1n) is 14.0. The zero-order chi connectivity index (χ0) is 32.3. The van der Waals surface area contributed by atoms with Gasteiger partial charge in [0.05, 0.1) is 37.1 Å². The fourth-order valence-electron chi connectivity index (χ4n) is 5.12. The van der Waals surface area contributed by atoms with Gasteiger partial charge < -0.3 is 39.5 Å². The number of carboxylic acid groups (broad SMARTS) is 1. The maximum Gasteiger partial charge on any atom is 0.408 e. The van der Waals surface area contributed by atoms with Crippen LogP contribution in [0.25, 0.3) is 10.8 Å². The number of aryl methyl sites for hydroxylation is 1. The summed E-state index contributed by atoms with van der Waals surface area (Å²) in [5.74, 6) is -1.43. The highest BCUT2D eigenvalue weighted by Crippen LogP contribution is 2.39. The maximum atomic E-state index is 14.2. The summed E-state index contributed by atoms with van der Waals surface area (Å²) in [4.78, 5) is 54.9. The minimum absolute atomic E-state index is 0.0712.